The fraction of sp³-hybridized carbons (Fsp3) is 0.400. The van der Waals surface area contributed by atoms with Crippen molar-refractivity contribution in [3.05, 3.63) is 59.7 Å². The molecule has 0 aromatic heterocycles. The zero-order chi connectivity index (χ0) is 16.1. The summed E-state index contributed by atoms with van der Waals surface area (Å²) in [6.07, 6.45) is 5.91. The van der Waals surface area contributed by atoms with Crippen molar-refractivity contribution in [2.24, 2.45) is 0 Å². The summed E-state index contributed by atoms with van der Waals surface area (Å²) >= 11 is 0. The van der Waals surface area contributed by atoms with Crippen LogP contribution in [0.2, 0.25) is 0 Å². The summed E-state index contributed by atoms with van der Waals surface area (Å²) < 4.78 is 0. The lowest BCUT2D eigenvalue weighted by molar-refractivity contribution is 0.131. The number of hydrogen-bond acceptors (Lipinski definition) is 3. The standard InChI is InChI=1S/C20H25NO2/c22-19-12-9-16(10-13-19)8-11-18-6-3-4-14-21(18)15-17-5-1-2-7-20(17)23/h1-2,5,7,9-10,12-13,18,22-23H,3-4,6,8,11,14-15H2. The summed E-state index contributed by atoms with van der Waals surface area (Å²) in [5, 5.41) is 19.4. The molecule has 2 N–H and O–H groups in total. The van der Waals surface area contributed by atoms with Gasteiger partial charge in [0.15, 0.2) is 0 Å². The number of nitrogens with zero attached hydrogens (tertiary/aromatic N) is 1. The second kappa shape index (κ2) is 7.51. The van der Waals surface area contributed by atoms with Gasteiger partial charge in [-0.05, 0) is 56.0 Å². The summed E-state index contributed by atoms with van der Waals surface area (Å²) in [4.78, 5) is 2.51. The zero-order valence-corrected chi connectivity index (χ0v) is 13.5. The molecule has 1 heterocycles. The van der Waals surface area contributed by atoms with Crippen LogP contribution in [0, 0.1) is 0 Å². The number of aryl methyl sites for hydroxylation is 1. The van der Waals surface area contributed by atoms with Gasteiger partial charge in [0.2, 0.25) is 0 Å². The Morgan fingerprint density at radius 1 is 0.957 bits per heavy atom. The van der Waals surface area contributed by atoms with Crippen LogP contribution in [0.3, 0.4) is 0 Å². The molecule has 1 fully saturated rings. The first kappa shape index (κ1) is 15.9. The minimum absolute atomic E-state index is 0.326. The molecule has 2 aromatic carbocycles. The maximum absolute atomic E-state index is 10.0. The summed E-state index contributed by atoms with van der Waals surface area (Å²) in [7, 11) is 0. The van der Waals surface area contributed by atoms with Crippen LogP contribution in [0.25, 0.3) is 0 Å². The minimum atomic E-state index is 0.326. The van der Waals surface area contributed by atoms with Crippen molar-refractivity contribution in [2.75, 3.05) is 6.54 Å². The fourth-order valence-corrected chi connectivity index (χ4v) is 3.45. The molecule has 2 aromatic rings. The Bertz CT molecular complexity index is 624. The highest BCUT2D eigenvalue weighted by Crippen LogP contribution is 2.26. The van der Waals surface area contributed by atoms with E-state index >= 15 is 0 Å². The molecular weight excluding hydrogens is 286 g/mol. The molecule has 1 saturated heterocycles. The van der Waals surface area contributed by atoms with Crippen molar-refractivity contribution < 1.29 is 10.2 Å². The van der Waals surface area contributed by atoms with Crippen LogP contribution in [0.4, 0.5) is 0 Å². The number of para-hydroxylation sites is 1. The van der Waals surface area contributed by atoms with Gasteiger partial charge >= 0.3 is 0 Å². The highest BCUT2D eigenvalue weighted by Gasteiger charge is 2.22. The molecule has 23 heavy (non-hydrogen) atoms. The predicted molar refractivity (Wildman–Crippen MR) is 92.6 cm³/mol. The van der Waals surface area contributed by atoms with Gasteiger partial charge in [0.05, 0.1) is 0 Å². The molecule has 3 heteroatoms. The molecule has 0 bridgehead atoms. The Balaban J connectivity index is 1.62. The zero-order valence-electron chi connectivity index (χ0n) is 13.5. The topological polar surface area (TPSA) is 43.7 Å². The second-order valence-corrected chi connectivity index (χ2v) is 6.45. The van der Waals surface area contributed by atoms with E-state index in [0.29, 0.717) is 17.5 Å². The van der Waals surface area contributed by atoms with E-state index in [9.17, 15) is 10.2 Å². The Morgan fingerprint density at radius 3 is 2.52 bits per heavy atom. The fourth-order valence-electron chi connectivity index (χ4n) is 3.45. The lowest BCUT2D eigenvalue weighted by atomic mass is 9.95. The second-order valence-electron chi connectivity index (χ2n) is 6.45. The number of piperidine rings is 1. The van der Waals surface area contributed by atoms with Crippen LogP contribution < -0.4 is 0 Å². The minimum Gasteiger partial charge on any atom is -0.508 e. The van der Waals surface area contributed by atoms with Gasteiger partial charge in [-0.25, -0.2) is 0 Å². The predicted octanol–water partition coefficient (Wildman–Crippen LogP) is 4.09. The van der Waals surface area contributed by atoms with E-state index in [0.717, 1.165) is 31.5 Å². The van der Waals surface area contributed by atoms with Gasteiger partial charge in [-0.15, -0.1) is 0 Å². The van der Waals surface area contributed by atoms with E-state index in [1.54, 1.807) is 18.2 Å². The maximum atomic E-state index is 10.0. The molecule has 1 aliphatic heterocycles. The van der Waals surface area contributed by atoms with E-state index in [1.165, 1.54) is 24.8 Å². The van der Waals surface area contributed by atoms with Crippen molar-refractivity contribution in [3.63, 3.8) is 0 Å². The van der Waals surface area contributed by atoms with Gasteiger partial charge in [-0.1, -0.05) is 36.8 Å². The smallest absolute Gasteiger partial charge is 0.120 e. The van der Waals surface area contributed by atoms with E-state index in [2.05, 4.69) is 4.90 Å². The van der Waals surface area contributed by atoms with Gasteiger partial charge < -0.3 is 10.2 Å². The molecule has 0 spiro atoms. The van der Waals surface area contributed by atoms with Crippen LogP contribution in [-0.4, -0.2) is 27.7 Å². The van der Waals surface area contributed by atoms with Crippen molar-refractivity contribution in [1.29, 1.82) is 0 Å². The largest absolute Gasteiger partial charge is 0.508 e. The normalized spacial score (nSPS) is 18.9. The van der Waals surface area contributed by atoms with Gasteiger partial charge in [-0.2, -0.15) is 0 Å². The molecule has 3 nitrogen and oxygen atoms in total. The first-order valence-electron chi connectivity index (χ1n) is 8.51. The summed E-state index contributed by atoms with van der Waals surface area (Å²) in [5.41, 5.74) is 2.29. The van der Waals surface area contributed by atoms with Crippen LogP contribution >= 0.6 is 0 Å². The number of phenols is 2. The van der Waals surface area contributed by atoms with E-state index in [4.69, 9.17) is 0 Å². The van der Waals surface area contributed by atoms with E-state index in [1.807, 2.05) is 30.3 Å². The first-order chi connectivity index (χ1) is 11.2. The Hall–Kier alpha value is -2.00. The number of phenolic OH excluding ortho intramolecular Hbond substituents is 2. The number of aromatic hydroxyl groups is 2. The Morgan fingerprint density at radius 2 is 1.74 bits per heavy atom. The van der Waals surface area contributed by atoms with Gasteiger partial charge in [-0.3, -0.25) is 4.90 Å². The van der Waals surface area contributed by atoms with Crippen LogP contribution in [0.5, 0.6) is 11.5 Å². The van der Waals surface area contributed by atoms with Gasteiger partial charge in [0.1, 0.15) is 11.5 Å². The van der Waals surface area contributed by atoms with Crippen LogP contribution in [0.1, 0.15) is 36.8 Å². The highest BCUT2D eigenvalue weighted by molar-refractivity contribution is 5.31. The third kappa shape index (κ3) is 4.26. The number of hydrogen-bond donors (Lipinski definition) is 2. The van der Waals surface area contributed by atoms with Crippen LogP contribution in [0.15, 0.2) is 48.5 Å². The van der Waals surface area contributed by atoms with Crippen molar-refractivity contribution in [3.8, 4) is 11.5 Å². The molecule has 1 unspecified atom stereocenters. The Kier molecular flexibility index (Phi) is 5.19. The molecule has 0 aliphatic carbocycles. The number of benzene rings is 2. The number of rotatable bonds is 5. The van der Waals surface area contributed by atoms with Crippen molar-refractivity contribution >= 4 is 0 Å². The summed E-state index contributed by atoms with van der Waals surface area (Å²) in [5.74, 6) is 0.725. The molecule has 0 saturated carbocycles. The lowest BCUT2D eigenvalue weighted by Crippen LogP contribution is -2.39. The molecule has 0 radical (unpaired) electrons. The quantitative estimate of drug-likeness (QED) is 0.874. The van der Waals surface area contributed by atoms with Crippen LogP contribution in [-0.2, 0) is 13.0 Å². The first-order valence-corrected chi connectivity index (χ1v) is 8.51. The molecule has 1 aliphatic rings. The molecule has 122 valence electrons. The lowest BCUT2D eigenvalue weighted by Gasteiger charge is -2.36. The average Bonchev–Trinajstić information content (AvgIpc) is 2.57. The highest BCUT2D eigenvalue weighted by atomic mass is 16.3. The molecule has 0 amide bonds. The average molecular weight is 311 g/mol. The maximum Gasteiger partial charge on any atom is 0.120 e. The summed E-state index contributed by atoms with van der Waals surface area (Å²) in [6.45, 7) is 1.93. The van der Waals surface area contributed by atoms with E-state index < -0.39 is 0 Å². The van der Waals surface area contributed by atoms with Crippen molar-refractivity contribution in [1.82, 2.24) is 4.90 Å². The SMILES string of the molecule is Oc1ccc(CCC2CCCCN2Cc2ccccc2O)cc1. The monoisotopic (exact) mass is 311 g/mol. The van der Waals surface area contributed by atoms with Crippen molar-refractivity contribution in [2.45, 2.75) is 44.7 Å². The third-order valence-electron chi connectivity index (χ3n) is 4.82. The number of likely N-dealkylation sites (tertiary alicyclic amines) is 1. The van der Waals surface area contributed by atoms with E-state index in [-0.39, 0.29) is 0 Å². The van der Waals surface area contributed by atoms with Gasteiger partial charge in [0.25, 0.3) is 0 Å². The molecular formula is C20H25NO2. The molecule has 1 atom stereocenters. The van der Waals surface area contributed by atoms with Gasteiger partial charge in [0, 0.05) is 18.2 Å². The molecule has 3 rings (SSSR count). The Labute approximate surface area is 138 Å². The third-order valence-corrected chi connectivity index (χ3v) is 4.82. The summed E-state index contributed by atoms with van der Waals surface area (Å²) in [6, 6.07) is 15.7.